The van der Waals surface area contributed by atoms with Gasteiger partial charge in [0, 0.05) is 25.7 Å². The van der Waals surface area contributed by atoms with Crippen LogP contribution in [0.4, 0.5) is 4.39 Å². The van der Waals surface area contributed by atoms with Crippen LogP contribution in [0.5, 0.6) is 0 Å². The number of rotatable bonds is 3. The molecule has 1 aromatic rings. The zero-order valence-corrected chi connectivity index (χ0v) is 15.1. The highest BCUT2D eigenvalue weighted by Gasteiger charge is 2.49. The van der Waals surface area contributed by atoms with E-state index in [9.17, 15) is 9.18 Å². The van der Waals surface area contributed by atoms with Crippen molar-refractivity contribution in [1.29, 1.82) is 0 Å². The molecule has 2 saturated heterocycles. The van der Waals surface area contributed by atoms with E-state index in [1.807, 2.05) is 6.07 Å². The zero-order valence-electron chi connectivity index (χ0n) is 15.1. The number of hydrogen-bond acceptors (Lipinski definition) is 2. The van der Waals surface area contributed by atoms with Crippen molar-refractivity contribution >= 4 is 5.91 Å². The molecule has 1 aromatic carbocycles. The van der Waals surface area contributed by atoms with Gasteiger partial charge >= 0.3 is 0 Å². The highest BCUT2D eigenvalue weighted by atomic mass is 19.1. The summed E-state index contributed by atoms with van der Waals surface area (Å²) in [5, 5.41) is 0. The molecule has 0 radical (unpaired) electrons. The van der Waals surface area contributed by atoms with Gasteiger partial charge in [-0.3, -0.25) is 9.69 Å². The third-order valence-electron chi connectivity index (χ3n) is 6.51. The van der Waals surface area contributed by atoms with Crippen molar-refractivity contribution in [3.05, 3.63) is 35.6 Å². The average molecular weight is 344 g/mol. The lowest BCUT2D eigenvalue weighted by Crippen LogP contribution is -2.54. The minimum atomic E-state index is -0.178. The van der Waals surface area contributed by atoms with Gasteiger partial charge in [-0.15, -0.1) is 0 Å². The summed E-state index contributed by atoms with van der Waals surface area (Å²) >= 11 is 0. The summed E-state index contributed by atoms with van der Waals surface area (Å²) in [4.78, 5) is 17.9. The number of benzene rings is 1. The summed E-state index contributed by atoms with van der Waals surface area (Å²) in [5.41, 5.74) is 0.827. The van der Waals surface area contributed by atoms with Gasteiger partial charge in [0.1, 0.15) is 5.82 Å². The lowest BCUT2D eigenvalue weighted by atomic mass is 9.77. The Morgan fingerprint density at radius 2 is 1.92 bits per heavy atom. The van der Waals surface area contributed by atoms with Crippen LogP contribution in [0.3, 0.4) is 0 Å². The summed E-state index contributed by atoms with van der Waals surface area (Å²) in [5.74, 6) is 0.232. The Hall–Kier alpha value is -1.42. The predicted octanol–water partition coefficient (Wildman–Crippen LogP) is 3.97. The second-order valence-electron chi connectivity index (χ2n) is 8.26. The minimum absolute atomic E-state index is 0.177. The van der Waals surface area contributed by atoms with Crippen molar-refractivity contribution in [3.63, 3.8) is 0 Å². The minimum Gasteiger partial charge on any atom is -0.339 e. The van der Waals surface area contributed by atoms with Crippen LogP contribution < -0.4 is 0 Å². The van der Waals surface area contributed by atoms with Gasteiger partial charge in [0.25, 0.3) is 0 Å². The third kappa shape index (κ3) is 3.46. The molecule has 2 aliphatic heterocycles. The van der Waals surface area contributed by atoms with Gasteiger partial charge in [0.2, 0.25) is 5.91 Å². The topological polar surface area (TPSA) is 23.6 Å². The van der Waals surface area contributed by atoms with Crippen LogP contribution >= 0.6 is 0 Å². The summed E-state index contributed by atoms with van der Waals surface area (Å²) in [6.07, 6.45) is 9.37. The van der Waals surface area contributed by atoms with E-state index in [4.69, 9.17) is 0 Å². The van der Waals surface area contributed by atoms with Crippen LogP contribution in [-0.4, -0.2) is 41.4 Å². The highest BCUT2D eigenvalue weighted by Crippen LogP contribution is 2.42. The van der Waals surface area contributed by atoms with Crippen LogP contribution in [0, 0.1) is 11.2 Å². The second kappa shape index (κ2) is 7.06. The molecule has 3 nitrogen and oxygen atoms in total. The lowest BCUT2D eigenvalue weighted by molar-refractivity contribution is -0.149. The maximum atomic E-state index is 13.4. The van der Waals surface area contributed by atoms with E-state index in [1.165, 1.54) is 38.2 Å². The van der Waals surface area contributed by atoms with E-state index in [0.29, 0.717) is 11.9 Å². The molecule has 0 aromatic heterocycles. The van der Waals surface area contributed by atoms with Gasteiger partial charge in [-0.2, -0.15) is 0 Å². The van der Waals surface area contributed by atoms with Crippen LogP contribution in [0.2, 0.25) is 0 Å². The van der Waals surface area contributed by atoms with E-state index in [2.05, 4.69) is 9.80 Å². The molecule has 25 heavy (non-hydrogen) atoms. The summed E-state index contributed by atoms with van der Waals surface area (Å²) in [6, 6.07) is 7.33. The number of nitrogens with zero attached hydrogens (tertiary/aromatic N) is 2. The molecule has 4 heteroatoms. The number of piperidine rings is 1. The van der Waals surface area contributed by atoms with Gasteiger partial charge in [0.15, 0.2) is 0 Å². The summed E-state index contributed by atoms with van der Waals surface area (Å²) in [7, 11) is 0. The van der Waals surface area contributed by atoms with Crippen molar-refractivity contribution < 1.29 is 9.18 Å². The number of halogens is 1. The lowest BCUT2D eigenvalue weighted by Gasteiger charge is -2.44. The predicted molar refractivity (Wildman–Crippen MR) is 96.5 cm³/mol. The third-order valence-corrected chi connectivity index (χ3v) is 6.51. The first-order valence-corrected chi connectivity index (χ1v) is 9.94. The first kappa shape index (κ1) is 17.0. The number of likely N-dealkylation sites (tertiary alicyclic amines) is 2. The monoisotopic (exact) mass is 344 g/mol. The Morgan fingerprint density at radius 3 is 2.72 bits per heavy atom. The molecule has 1 saturated carbocycles. The van der Waals surface area contributed by atoms with Crippen LogP contribution in [0.25, 0.3) is 0 Å². The average Bonchev–Trinajstić information content (AvgIpc) is 3.02. The van der Waals surface area contributed by atoms with Crippen molar-refractivity contribution in [3.8, 4) is 0 Å². The van der Waals surface area contributed by atoms with Gasteiger partial charge in [-0.1, -0.05) is 31.4 Å². The largest absolute Gasteiger partial charge is 0.339 e. The fourth-order valence-electron chi connectivity index (χ4n) is 5.21. The normalized spacial score (nSPS) is 28.8. The smallest absolute Gasteiger partial charge is 0.230 e. The Bertz CT molecular complexity index is 628. The summed E-state index contributed by atoms with van der Waals surface area (Å²) in [6.45, 7) is 3.48. The van der Waals surface area contributed by atoms with E-state index in [0.717, 1.165) is 51.0 Å². The molecular formula is C21H29FN2O. The zero-order chi connectivity index (χ0) is 17.3. The molecule has 1 aliphatic carbocycles. The molecule has 1 atom stereocenters. The Morgan fingerprint density at radius 1 is 1.08 bits per heavy atom. The number of carbonyl (C=O) groups excluding carboxylic acids is 1. The molecule has 1 spiro atoms. The van der Waals surface area contributed by atoms with E-state index in [-0.39, 0.29) is 11.2 Å². The van der Waals surface area contributed by atoms with Crippen LogP contribution in [-0.2, 0) is 11.3 Å². The van der Waals surface area contributed by atoms with Gasteiger partial charge in [0.05, 0.1) is 5.41 Å². The summed E-state index contributed by atoms with van der Waals surface area (Å²) < 4.78 is 13.4. The van der Waals surface area contributed by atoms with E-state index in [1.54, 1.807) is 12.1 Å². The number of carbonyl (C=O) groups is 1. The Labute approximate surface area is 150 Å². The molecule has 0 bridgehead atoms. The molecule has 0 unspecified atom stereocenters. The fraction of sp³-hybridized carbons (Fsp3) is 0.667. The quantitative estimate of drug-likeness (QED) is 0.828. The van der Waals surface area contributed by atoms with Gasteiger partial charge in [-0.25, -0.2) is 4.39 Å². The standard InChI is InChI=1S/C21H29FN2O/c22-18-7-4-6-17(14-18)15-23-13-11-21(16-23)10-5-12-24(20(21)25)19-8-2-1-3-9-19/h4,6-7,14,19H,1-3,5,8-13,15-16H2/t21-/m0/s1. The molecular weight excluding hydrogens is 315 g/mol. The van der Waals surface area contributed by atoms with Crippen molar-refractivity contribution in [2.24, 2.45) is 5.41 Å². The van der Waals surface area contributed by atoms with Gasteiger partial charge in [-0.05, 0) is 56.3 Å². The van der Waals surface area contributed by atoms with E-state index >= 15 is 0 Å². The second-order valence-corrected chi connectivity index (χ2v) is 8.26. The molecule has 136 valence electrons. The first-order chi connectivity index (χ1) is 12.2. The van der Waals surface area contributed by atoms with Crippen molar-refractivity contribution in [2.75, 3.05) is 19.6 Å². The van der Waals surface area contributed by atoms with Crippen molar-refractivity contribution in [2.45, 2.75) is 64.0 Å². The fourth-order valence-corrected chi connectivity index (χ4v) is 5.21. The SMILES string of the molecule is O=C1N(C2CCCCC2)CCC[C@@]12CCN(Cc1cccc(F)c1)C2. The number of hydrogen-bond donors (Lipinski definition) is 0. The van der Waals surface area contributed by atoms with Crippen LogP contribution in [0.15, 0.2) is 24.3 Å². The van der Waals surface area contributed by atoms with Gasteiger partial charge < -0.3 is 4.90 Å². The molecule has 4 rings (SSSR count). The Balaban J connectivity index is 1.43. The maximum Gasteiger partial charge on any atom is 0.230 e. The Kier molecular flexibility index (Phi) is 4.81. The van der Waals surface area contributed by atoms with Crippen molar-refractivity contribution in [1.82, 2.24) is 9.80 Å². The number of amides is 1. The molecule has 0 N–H and O–H groups in total. The van der Waals surface area contributed by atoms with E-state index < -0.39 is 0 Å². The van der Waals surface area contributed by atoms with Crippen LogP contribution in [0.1, 0.15) is 56.9 Å². The molecule has 1 amide bonds. The molecule has 3 fully saturated rings. The molecule has 3 aliphatic rings. The maximum absolute atomic E-state index is 13.4. The first-order valence-electron chi connectivity index (χ1n) is 9.94. The highest BCUT2D eigenvalue weighted by molar-refractivity contribution is 5.84. The molecule has 2 heterocycles.